The number of unbranched alkanes of at least 4 members (excludes halogenated alkanes) is 1. The second kappa shape index (κ2) is 6.86. The maximum Gasteiger partial charge on any atom is 0.263 e. The molecular weight excluding hydrogens is 292 g/mol. The lowest BCUT2D eigenvalue weighted by Gasteiger charge is -2.01. The first-order valence-corrected chi connectivity index (χ1v) is 7.83. The summed E-state index contributed by atoms with van der Waals surface area (Å²) < 4.78 is 0. The summed E-state index contributed by atoms with van der Waals surface area (Å²) >= 11 is 7.39. The summed E-state index contributed by atoms with van der Waals surface area (Å²) in [7, 11) is 0. The molecular formula is C15H17ClN2OS. The number of nitrogens with zero attached hydrogens (tertiary/aromatic N) is 1. The van der Waals surface area contributed by atoms with Gasteiger partial charge in [0.05, 0.1) is 5.69 Å². The van der Waals surface area contributed by atoms with Gasteiger partial charge in [0.15, 0.2) is 0 Å². The highest BCUT2D eigenvalue weighted by Gasteiger charge is 2.15. The smallest absolute Gasteiger partial charge is 0.263 e. The quantitative estimate of drug-likeness (QED) is 0.837. The average Bonchev–Trinajstić information content (AvgIpc) is 2.81. The molecule has 1 heterocycles. The van der Waals surface area contributed by atoms with Crippen LogP contribution in [0.5, 0.6) is 0 Å². The van der Waals surface area contributed by atoms with E-state index in [9.17, 15) is 4.79 Å². The zero-order chi connectivity index (χ0) is 14.5. The predicted molar refractivity (Wildman–Crippen MR) is 84.5 cm³/mol. The van der Waals surface area contributed by atoms with Crippen molar-refractivity contribution in [2.45, 2.75) is 26.7 Å². The van der Waals surface area contributed by atoms with Crippen molar-refractivity contribution in [3.8, 4) is 10.6 Å². The average molecular weight is 309 g/mol. The van der Waals surface area contributed by atoms with Crippen molar-refractivity contribution in [1.29, 1.82) is 0 Å². The second-order valence-electron chi connectivity index (χ2n) is 4.55. The molecule has 5 heteroatoms. The minimum Gasteiger partial charge on any atom is -0.351 e. The van der Waals surface area contributed by atoms with E-state index < -0.39 is 0 Å². The van der Waals surface area contributed by atoms with Gasteiger partial charge in [0.25, 0.3) is 5.91 Å². The van der Waals surface area contributed by atoms with E-state index >= 15 is 0 Å². The number of amides is 1. The van der Waals surface area contributed by atoms with Gasteiger partial charge in [-0.25, -0.2) is 4.98 Å². The summed E-state index contributed by atoms with van der Waals surface area (Å²) in [5.74, 6) is -0.0401. The Labute approximate surface area is 128 Å². The molecule has 2 rings (SSSR count). The molecule has 106 valence electrons. The summed E-state index contributed by atoms with van der Waals surface area (Å²) in [4.78, 5) is 17.2. The molecule has 0 aliphatic heterocycles. The van der Waals surface area contributed by atoms with Crippen LogP contribution in [-0.4, -0.2) is 17.4 Å². The van der Waals surface area contributed by atoms with E-state index in [1.807, 2.05) is 31.2 Å². The number of halogens is 1. The van der Waals surface area contributed by atoms with Gasteiger partial charge in [0.1, 0.15) is 9.88 Å². The Kier molecular flexibility index (Phi) is 5.15. The number of hydrogen-bond donors (Lipinski definition) is 1. The number of carbonyl (C=O) groups is 1. The molecule has 0 atom stereocenters. The summed E-state index contributed by atoms with van der Waals surface area (Å²) in [6, 6.07) is 7.51. The van der Waals surface area contributed by atoms with Crippen LogP contribution in [0.4, 0.5) is 0 Å². The monoisotopic (exact) mass is 308 g/mol. The first kappa shape index (κ1) is 15.0. The Morgan fingerprint density at radius 1 is 1.45 bits per heavy atom. The van der Waals surface area contributed by atoms with Crippen molar-refractivity contribution >= 4 is 28.8 Å². The van der Waals surface area contributed by atoms with Gasteiger partial charge in [-0.1, -0.05) is 37.1 Å². The fourth-order valence-electron chi connectivity index (χ4n) is 1.81. The second-order valence-corrected chi connectivity index (χ2v) is 5.99. The van der Waals surface area contributed by atoms with Gasteiger partial charge in [-0.3, -0.25) is 4.79 Å². The first-order valence-electron chi connectivity index (χ1n) is 6.63. The molecule has 0 spiro atoms. The van der Waals surface area contributed by atoms with E-state index in [-0.39, 0.29) is 5.91 Å². The van der Waals surface area contributed by atoms with E-state index in [1.165, 1.54) is 11.3 Å². The predicted octanol–water partition coefficient (Wildman–Crippen LogP) is 4.30. The fraction of sp³-hybridized carbons (Fsp3) is 0.333. The summed E-state index contributed by atoms with van der Waals surface area (Å²) in [6.45, 7) is 4.67. The molecule has 1 N–H and O–H groups in total. The minimum absolute atomic E-state index is 0.0401. The summed E-state index contributed by atoms with van der Waals surface area (Å²) in [5, 5.41) is 4.42. The maximum atomic E-state index is 12.1. The SMILES string of the molecule is CCCCNC(=O)c1sc(-c2cccc(Cl)c2)nc1C. The molecule has 0 aliphatic rings. The van der Waals surface area contributed by atoms with Crippen LogP contribution in [0.2, 0.25) is 5.02 Å². The van der Waals surface area contributed by atoms with Crippen LogP contribution in [0.1, 0.15) is 35.1 Å². The van der Waals surface area contributed by atoms with Crippen molar-refractivity contribution < 1.29 is 4.79 Å². The lowest BCUT2D eigenvalue weighted by molar-refractivity contribution is 0.0956. The molecule has 0 saturated carbocycles. The topological polar surface area (TPSA) is 42.0 Å². The Hall–Kier alpha value is -1.39. The molecule has 1 aromatic heterocycles. The number of carbonyl (C=O) groups excluding carboxylic acids is 1. The molecule has 0 saturated heterocycles. The van der Waals surface area contributed by atoms with Crippen molar-refractivity contribution in [2.75, 3.05) is 6.54 Å². The van der Waals surface area contributed by atoms with Crippen LogP contribution >= 0.6 is 22.9 Å². The van der Waals surface area contributed by atoms with Crippen molar-refractivity contribution in [3.05, 3.63) is 39.9 Å². The Morgan fingerprint density at radius 2 is 2.25 bits per heavy atom. The van der Waals surface area contributed by atoms with Crippen molar-refractivity contribution in [1.82, 2.24) is 10.3 Å². The Morgan fingerprint density at radius 3 is 2.95 bits per heavy atom. The molecule has 2 aromatic rings. The van der Waals surface area contributed by atoms with Crippen LogP contribution in [0.15, 0.2) is 24.3 Å². The standard InChI is InChI=1S/C15H17ClN2OS/c1-3-4-8-17-14(19)13-10(2)18-15(20-13)11-6-5-7-12(16)9-11/h5-7,9H,3-4,8H2,1-2H3,(H,17,19). The van der Waals surface area contributed by atoms with Crippen molar-refractivity contribution in [2.24, 2.45) is 0 Å². The number of aromatic nitrogens is 1. The zero-order valence-electron chi connectivity index (χ0n) is 11.6. The fourth-order valence-corrected chi connectivity index (χ4v) is 2.98. The first-order chi connectivity index (χ1) is 9.61. The number of aryl methyl sites for hydroxylation is 1. The number of rotatable bonds is 5. The molecule has 1 aromatic carbocycles. The molecule has 1 amide bonds. The lowest BCUT2D eigenvalue weighted by atomic mass is 10.2. The van der Waals surface area contributed by atoms with Gasteiger partial charge in [0.2, 0.25) is 0 Å². The van der Waals surface area contributed by atoms with Crippen LogP contribution < -0.4 is 5.32 Å². The molecule has 0 radical (unpaired) electrons. The van der Waals surface area contributed by atoms with Gasteiger partial charge in [-0.2, -0.15) is 0 Å². The number of hydrogen-bond acceptors (Lipinski definition) is 3. The highest BCUT2D eigenvalue weighted by molar-refractivity contribution is 7.17. The summed E-state index contributed by atoms with van der Waals surface area (Å²) in [5.41, 5.74) is 1.71. The molecule has 0 bridgehead atoms. The van der Waals surface area contributed by atoms with E-state index in [0.29, 0.717) is 16.4 Å². The van der Waals surface area contributed by atoms with E-state index in [4.69, 9.17) is 11.6 Å². The number of thiazole rings is 1. The third-order valence-corrected chi connectivity index (χ3v) is 4.33. The van der Waals surface area contributed by atoms with Gasteiger partial charge in [-0.05, 0) is 25.5 Å². The molecule has 0 aliphatic carbocycles. The number of nitrogens with one attached hydrogen (secondary N) is 1. The van der Waals surface area contributed by atoms with E-state index in [2.05, 4.69) is 17.2 Å². The zero-order valence-corrected chi connectivity index (χ0v) is 13.1. The van der Waals surface area contributed by atoms with E-state index in [0.717, 1.165) is 29.1 Å². The van der Waals surface area contributed by atoms with E-state index in [1.54, 1.807) is 0 Å². The maximum absolute atomic E-state index is 12.1. The summed E-state index contributed by atoms with van der Waals surface area (Å²) in [6.07, 6.45) is 2.06. The van der Waals surface area contributed by atoms with Crippen molar-refractivity contribution in [3.63, 3.8) is 0 Å². The van der Waals surface area contributed by atoms with Crippen LogP contribution in [0.3, 0.4) is 0 Å². The largest absolute Gasteiger partial charge is 0.351 e. The highest BCUT2D eigenvalue weighted by Crippen LogP contribution is 2.29. The minimum atomic E-state index is -0.0401. The van der Waals surface area contributed by atoms with Crippen LogP contribution in [-0.2, 0) is 0 Å². The van der Waals surface area contributed by atoms with Crippen LogP contribution in [0.25, 0.3) is 10.6 Å². The lowest BCUT2D eigenvalue weighted by Crippen LogP contribution is -2.24. The van der Waals surface area contributed by atoms with Gasteiger partial charge in [-0.15, -0.1) is 11.3 Å². The molecule has 0 fully saturated rings. The number of benzene rings is 1. The Balaban J connectivity index is 2.19. The van der Waals surface area contributed by atoms with Gasteiger partial charge < -0.3 is 5.32 Å². The normalized spacial score (nSPS) is 10.6. The van der Waals surface area contributed by atoms with Gasteiger partial charge in [0, 0.05) is 17.1 Å². The van der Waals surface area contributed by atoms with Gasteiger partial charge >= 0.3 is 0 Å². The van der Waals surface area contributed by atoms with Crippen LogP contribution in [0, 0.1) is 6.92 Å². The Bertz CT molecular complexity index is 610. The third kappa shape index (κ3) is 3.58. The molecule has 3 nitrogen and oxygen atoms in total. The molecule has 0 unspecified atom stereocenters. The third-order valence-electron chi connectivity index (χ3n) is 2.89. The highest BCUT2D eigenvalue weighted by atomic mass is 35.5. The molecule has 20 heavy (non-hydrogen) atoms.